The highest BCUT2D eigenvalue weighted by atomic mass is 16.4. The summed E-state index contributed by atoms with van der Waals surface area (Å²) in [6.07, 6.45) is 24.6. The van der Waals surface area contributed by atoms with Crippen LogP contribution in [-0.2, 0) is 4.79 Å². The summed E-state index contributed by atoms with van der Waals surface area (Å²) >= 11 is 0. The molecule has 0 bridgehead atoms. The van der Waals surface area contributed by atoms with Crippen LogP contribution in [0.1, 0.15) is 197 Å². The van der Waals surface area contributed by atoms with E-state index in [9.17, 15) is 15.0 Å². The number of unbranched alkanes of at least 4 members (excludes halogenated alkanes) is 15. The molecule has 0 aliphatic rings. The van der Waals surface area contributed by atoms with Crippen molar-refractivity contribution in [1.29, 1.82) is 0 Å². The maximum atomic E-state index is 11.7. The molecule has 3 atom stereocenters. The molecule has 0 heterocycles. The van der Waals surface area contributed by atoms with Crippen LogP contribution in [0.5, 0.6) is 5.75 Å². The normalized spacial score (nSPS) is 13.9. The molecular weight excluding hydrogens is 468 g/mol. The topological polar surface area (TPSA) is 57.5 Å². The van der Waals surface area contributed by atoms with Crippen LogP contribution in [0.2, 0.25) is 0 Å². The monoisotopic (exact) mass is 530 g/mol. The number of phenolic OH excluding ortho intramolecular Hbond substituents is 1. The molecule has 1 aromatic rings. The molecule has 3 unspecified atom stereocenters. The lowest BCUT2D eigenvalue weighted by molar-refractivity contribution is -0.137. The highest BCUT2D eigenvalue weighted by Crippen LogP contribution is 2.40. The number of aliphatic carboxylic acids is 1. The third-order valence-corrected chi connectivity index (χ3v) is 8.78. The number of hydrogen-bond donors (Lipinski definition) is 2. The average Bonchev–Trinajstić information content (AvgIpc) is 2.91. The largest absolute Gasteiger partial charge is 0.507 e. The minimum absolute atomic E-state index is 0.0188. The molecule has 38 heavy (non-hydrogen) atoms. The van der Waals surface area contributed by atoms with E-state index in [1.54, 1.807) is 0 Å². The fourth-order valence-electron chi connectivity index (χ4n) is 5.67. The highest BCUT2D eigenvalue weighted by Gasteiger charge is 2.22. The van der Waals surface area contributed by atoms with Crippen LogP contribution in [0, 0.1) is 0 Å². The molecule has 1 aromatic carbocycles. The van der Waals surface area contributed by atoms with Crippen LogP contribution in [0.3, 0.4) is 0 Å². The summed E-state index contributed by atoms with van der Waals surface area (Å²) in [7, 11) is 0. The maximum absolute atomic E-state index is 11.7. The summed E-state index contributed by atoms with van der Waals surface area (Å²) in [4.78, 5) is 11.7. The minimum atomic E-state index is -0.727. The van der Waals surface area contributed by atoms with Crippen LogP contribution in [0.15, 0.2) is 12.1 Å². The first-order valence-corrected chi connectivity index (χ1v) is 16.4. The number of benzene rings is 1. The van der Waals surface area contributed by atoms with E-state index in [1.807, 2.05) is 0 Å². The quantitative estimate of drug-likeness (QED) is 0.131. The van der Waals surface area contributed by atoms with Gasteiger partial charge in [0.25, 0.3) is 0 Å². The van der Waals surface area contributed by atoms with Gasteiger partial charge in [0.15, 0.2) is 0 Å². The van der Waals surface area contributed by atoms with Crippen LogP contribution in [0.25, 0.3) is 0 Å². The van der Waals surface area contributed by atoms with Crippen molar-refractivity contribution in [2.24, 2.45) is 0 Å². The summed E-state index contributed by atoms with van der Waals surface area (Å²) in [6.45, 7) is 10.9. The predicted molar refractivity (Wildman–Crippen MR) is 165 cm³/mol. The second-order valence-corrected chi connectivity index (χ2v) is 12.1. The molecule has 0 aliphatic carbocycles. The second-order valence-electron chi connectivity index (χ2n) is 12.1. The molecule has 2 N–H and O–H groups in total. The van der Waals surface area contributed by atoms with Gasteiger partial charge in [-0.3, -0.25) is 4.79 Å². The lowest BCUT2D eigenvalue weighted by atomic mass is 9.82. The van der Waals surface area contributed by atoms with Gasteiger partial charge in [-0.15, -0.1) is 0 Å². The average molecular weight is 531 g/mol. The number of aromatic hydroxyl groups is 1. The van der Waals surface area contributed by atoms with Crippen molar-refractivity contribution < 1.29 is 15.0 Å². The van der Waals surface area contributed by atoms with E-state index >= 15 is 0 Å². The Morgan fingerprint density at radius 2 is 1.03 bits per heavy atom. The van der Waals surface area contributed by atoms with Gasteiger partial charge in [0.1, 0.15) is 5.75 Å². The predicted octanol–water partition coefficient (Wildman–Crippen LogP) is 11.6. The number of hydrogen-bond acceptors (Lipinski definition) is 2. The Bertz CT molecular complexity index is 710. The number of carbonyl (C=O) groups is 1. The molecule has 3 heteroatoms. The van der Waals surface area contributed by atoms with Crippen molar-refractivity contribution in [1.82, 2.24) is 0 Å². The lowest BCUT2D eigenvalue weighted by Gasteiger charge is -2.23. The molecule has 0 amide bonds. The standard InChI is InChI=1S/C35H62O3/c1-6-9-10-11-12-13-14-15-16-17-18-19-20-21-22-23-24-30(27-34(36)37)31-25-32(28(4)7-2)35(38)33(26-31)29(5)8-3/h25-26,28-30,38H,6-24,27H2,1-5H3,(H,36,37). The Morgan fingerprint density at radius 3 is 1.37 bits per heavy atom. The van der Waals surface area contributed by atoms with Crippen molar-refractivity contribution in [2.45, 2.75) is 181 Å². The molecular formula is C35H62O3. The molecule has 0 spiro atoms. The van der Waals surface area contributed by atoms with Gasteiger partial charge in [-0.25, -0.2) is 0 Å². The van der Waals surface area contributed by atoms with Gasteiger partial charge in [0.05, 0.1) is 6.42 Å². The van der Waals surface area contributed by atoms with Crippen LogP contribution >= 0.6 is 0 Å². The lowest BCUT2D eigenvalue weighted by Crippen LogP contribution is -2.09. The van der Waals surface area contributed by atoms with Crippen molar-refractivity contribution >= 4 is 5.97 Å². The summed E-state index contributed by atoms with van der Waals surface area (Å²) in [5.41, 5.74) is 3.09. The Labute approximate surface area is 236 Å². The van der Waals surface area contributed by atoms with Crippen LogP contribution < -0.4 is 0 Å². The Morgan fingerprint density at radius 1 is 0.658 bits per heavy atom. The molecule has 0 aromatic heterocycles. The zero-order chi connectivity index (χ0) is 28.2. The van der Waals surface area contributed by atoms with Crippen LogP contribution in [0.4, 0.5) is 0 Å². The number of carboxylic acid groups (broad SMARTS) is 1. The molecule has 220 valence electrons. The van der Waals surface area contributed by atoms with Gasteiger partial charge in [0.2, 0.25) is 0 Å². The molecule has 0 saturated heterocycles. The van der Waals surface area contributed by atoms with Crippen molar-refractivity contribution in [3.63, 3.8) is 0 Å². The summed E-state index contributed by atoms with van der Waals surface area (Å²) in [5.74, 6) is 0.242. The van der Waals surface area contributed by atoms with Crippen molar-refractivity contribution in [2.75, 3.05) is 0 Å². The Hall–Kier alpha value is -1.51. The number of rotatable bonds is 24. The highest BCUT2D eigenvalue weighted by molar-refractivity contribution is 5.68. The van der Waals surface area contributed by atoms with E-state index in [4.69, 9.17) is 0 Å². The number of phenols is 1. The summed E-state index contributed by atoms with van der Waals surface area (Å²) in [6, 6.07) is 4.21. The Kier molecular flexibility index (Phi) is 19.4. The molecule has 0 aliphatic heterocycles. The Balaban J connectivity index is 2.42. The van der Waals surface area contributed by atoms with E-state index in [1.165, 1.54) is 96.3 Å². The van der Waals surface area contributed by atoms with Crippen molar-refractivity contribution in [3.8, 4) is 5.75 Å². The van der Waals surface area contributed by atoms with Gasteiger partial charge in [-0.1, -0.05) is 149 Å². The first-order valence-electron chi connectivity index (χ1n) is 16.4. The first kappa shape index (κ1) is 34.5. The molecule has 0 saturated carbocycles. The molecule has 0 fully saturated rings. The molecule has 3 nitrogen and oxygen atoms in total. The van der Waals surface area contributed by atoms with Gasteiger partial charge < -0.3 is 10.2 Å². The van der Waals surface area contributed by atoms with Gasteiger partial charge in [-0.05, 0) is 53.7 Å². The third-order valence-electron chi connectivity index (χ3n) is 8.78. The maximum Gasteiger partial charge on any atom is 0.303 e. The van der Waals surface area contributed by atoms with E-state index in [2.05, 4.69) is 46.8 Å². The minimum Gasteiger partial charge on any atom is -0.507 e. The smallest absolute Gasteiger partial charge is 0.303 e. The van der Waals surface area contributed by atoms with E-state index < -0.39 is 5.97 Å². The first-order chi connectivity index (χ1) is 18.3. The fourth-order valence-corrected chi connectivity index (χ4v) is 5.67. The SMILES string of the molecule is CCCCCCCCCCCCCCCCCCC(CC(=O)O)c1cc(C(C)CC)c(O)c(C(C)CC)c1. The van der Waals surface area contributed by atoms with Crippen LogP contribution in [-0.4, -0.2) is 16.2 Å². The van der Waals surface area contributed by atoms with Crippen molar-refractivity contribution in [3.05, 3.63) is 28.8 Å². The third kappa shape index (κ3) is 14.0. The fraction of sp³-hybridized carbons (Fsp3) is 0.800. The van der Waals surface area contributed by atoms with Gasteiger partial charge in [0, 0.05) is 0 Å². The van der Waals surface area contributed by atoms with Gasteiger partial charge >= 0.3 is 5.97 Å². The van der Waals surface area contributed by atoms with E-state index in [0.29, 0.717) is 5.75 Å². The van der Waals surface area contributed by atoms with E-state index in [0.717, 1.165) is 42.4 Å². The molecule has 0 radical (unpaired) electrons. The van der Waals surface area contributed by atoms with E-state index in [-0.39, 0.29) is 24.2 Å². The zero-order valence-electron chi connectivity index (χ0n) is 25.8. The number of carboxylic acids is 1. The summed E-state index contributed by atoms with van der Waals surface area (Å²) < 4.78 is 0. The molecule has 1 rings (SSSR count). The summed E-state index contributed by atoms with van der Waals surface area (Å²) in [5, 5.41) is 20.6. The van der Waals surface area contributed by atoms with Gasteiger partial charge in [-0.2, -0.15) is 0 Å². The second kappa shape index (κ2) is 21.3. The zero-order valence-corrected chi connectivity index (χ0v) is 25.8.